The Labute approximate surface area is 66.4 Å². The zero-order chi connectivity index (χ0) is 8.43. The molecule has 3 heteroatoms. The molecule has 1 fully saturated rings. The van der Waals surface area contributed by atoms with E-state index >= 15 is 0 Å². The zero-order valence-electron chi connectivity index (χ0n) is 6.55. The van der Waals surface area contributed by atoms with Crippen LogP contribution in [0, 0.1) is 5.92 Å². The number of rotatable bonds is 2. The lowest BCUT2D eigenvalue weighted by atomic mass is 9.95. The normalized spacial score (nSPS) is 30.3. The van der Waals surface area contributed by atoms with Crippen LogP contribution in [0.25, 0.3) is 0 Å². The number of primary amides is 1. The van der Waals surface area contributed by atoms with Crippen molar-refractivity contribution in [3.8, 4) is 0 Å². The van der Waals surface area contributed by atoms with Gasteiger partial charge in [0, 0.05) is 17.5 Å². The van der Waals surface area contributed by atoms with Crippen molar-refractivity contribution in [1.29, 1.82) is 0 Å². The summed E-state index contributed by atoms with van der Waals surface area (Å²) in [5.74, 6) is -0.278. The summed E-state index contributed by atoms with van der Waals surface area (Å²) in [6.45, 7) is 3.63. The second-order valence-electron chi connectivity index (χ2n) is 3.09. The standard InChI is InChI=1S/C8H14N2O/c1-5(8(10)11)6-3-2-4-7(6)9/h6-7H,1-4,9H2,(H2,10,11)/t6-,7-/m1/s1. The Morgan fingerprint density at radius 2 is 2.09 bits per heavy atom. The molecule has 3 nitrogen and oxygen atoms in total. The van der Waals surface area contributed by atoms with Gasteiger partial charge in [-0.1, -0.05) is 13.0 Å². The molecule has 0 unspecified atom stereocenters. The number of carbonyl (C=O) groups is 1. The van der Waals surface area contributed by atoms with E-state index < -0.39 is 5.91 Å². The van der Waals surface area contributed by atoms with E-state index in [2.05, 4.69) is 6.58 Å². The first-order chi connectivity index (χ1) is 5.13. The second-order valence-corrected chi connectivity index (χ2v) is 3.09. The van der Waals surface area contributed by atoms with E-state index in [4.69, 9.17) is 11.5 Å². The predicted molar refractivity (Wildman–Crippen MR) is 43.7 cm³/mol. The topological polar surface area (TPSA) is 69.1 Å². The minimum atomic E-state index is -0.410. The third-order valence-corrected chi connectivity index (χ3v) is 2.33. The van der Waals surface area contributed by atoms with Crippen LogP contribution in [0.4, 0.5) is 0 Å². The Balaban J connectivity index is 2.60. The molecule has 1 aliphatic carbocycles. The van der Waals surface area contributed by atoms with Crippen molar-refractivity contribution in [3.63, 3.8) is 0 Å². The van der Waals surface area contributed by atoms with Crippen molar-refractivity contribution >= 4 is 5.91 Å². The molecule has 1 saturated carbocycles. The molecular formula is C8H14N2O. The third kappa shape index (κ3) is 1.60. The minimum Gasteiger partial charge on any atom is -0.366 e. The Morgan fingerprint density at radius 3 is 2.45 bits per heavy atom. The molecule has 0 aromatic heterocycles. The van der Waals surface area contributed by atoms with Crippen molar-refractivity contribution in [1.82, 2.24) is 0 Å². The Bertz CT molecular complexity index is 189. The average Bonchev–Trinajstić information content (AvgIpc) is 2.33. The summed E-state index contributed by atoms with van der Waals surface area (Å²) in [6.07, 6.45) is 3.03. The maximum Gasteiger partial charge on any atom is 0.244 e. The molecule has 2 atom stereocenters. The van der Waals surface area contributed by atoms with Crippen molar-refractivity contribution in [2.24, 2.45) is 17.4 Å². The molecule has 4 N–H and O–H groups in total. The monoisotopic (exact) mass is 154 g/mol. The van der Waals surface area contributed by atoms with E-state index in [0.717, 1.165) is 19.3 Å². The third-order valence-electron chi connectivity index (χ3n) is 2.33. The number of hydrogen-bond acceptors (Lipinski definition) is 2. The molecule has 0 heterocycles. The lowest BCUT2D eigenvalue weighted by Gasteiger charge is -2.14. The largest absolute Gasteiger partial charge is 0.366 e. The lowest BCUT2D eigenvalue weighted by molar-refractivity contribution is -0.115. The fourth-order valence-electron chi connectivity index (χ4n) is 1.60. The first-order valence-electron chi connectivity index (χ1n) is 3.87. The van der Waals surface area contributed by atoms with Crippen molar-refractivity contribution in [2.75, 3.05) is 0 Å². The van der Waals surface area contributed by atoms with Crippen LogP contribution < -0.4 is 11.5 Å². The van der Waals surface area contributed by atoms with Crippen molar-refractivity contribution < 1.29 is 4.79 Å². The van der Waals surface area contributed by atoms with Gasteiger partial charge >= 0.3 is 0 Å². The van der Waals surface area contributed by atoms with Gasteiger partial charge in [-0.3, -0.25) is 4.79 Å². The van der Waals surface area contributed by atoms with Crippen molar-refractivity contribution in [3.05, 3.63) is 12.2 Å². The summed E-state index contributed by atoms with van der Waals surface area (Å²) < 4.78 is 0. The van der Waals surface area contributed by atoms with Crippen molar-refractivity contribution in [2.45, 2.75) is 25.3 Å². The van der Waals surface area contributed by atoms with Gasteiger partial charge in [0.15, 0.2) is 0 Å². The first-order valence-corrected chi connectivity index (χ1v) is 3.87. The van der Waals surface area contributed by atoms with Gasteiger partial charge in [0.05, 0.1) is 0 Å². The Morgan fingerprint density at radius 1 is 1.45 bits per heavy atom. The van der Waals surface area contributed by atoms with Crippen LogP contribution in [0.3, 0.4) is 0 Å². The van der Waals surface area contributed by atoms with E-state index in [0.29, 0.717) is 5.57 Å². The molecule has 0 aliphatic heterocycles. The van der Waals surface area contributed by atoms with Gasteiger partial charge in [0.2, 0.25) is 5.91 Å². The van der Waals surface area contributed by atoms with Gasteiger partial charge < -0.3 is 11.5 Å². The second kappa shape index (κ2) is 3.05. The van der Waals surface area contributed by atoms with Crippen LogP contribution >= 0.6 is 0 Å². The van der Waals surface area contributed by atoms with Crippen LogP contribution in [-0.4, -0.2) is 11.9 Å². The summed E-state index contributed by atoms with van der Waals surface area (Å²) in [7, 11) is 0. The van der Waals surface area contributed by atoms with Crippen LogP contribution in [0.1, 0.15) is 19.3 Å². The van der Waals surface area contributed by atoms with E-state index in [-0.39, 0.29) is 12.0 Å². The quantitative estimate of drug-likeness (QED) is 0.556. The van der Waals surface area contributed by atoms with Gasteiger partial charge in [0.1, 0.15) is 0 Å². The lowest BCUT2D eigenvalue weighted by Crippen LogP contribution is -2.30. The van der Waals surface area contributed by atoms with Crippen LogP contribution in [0.15, 0.2) is 12.2 Å². The molecule has 0 aromatic rings. The molecule has 1 rings (SSSR count). The molecule has 1 amide bonds. The predicted octanol–water partition coefficient (Wildman–Crippen LogP) is 0.155. The SMILES string of the molecule is C=C(C(N)=O)[C@H]1CCC[C@H]1N. The van der Waals surface area contributed by atoms with Crippen LogP contribution in [0.5, 0.6) is 0 Å². The number of hydrogen-bond donors (Lipinski definition) is 2. The summed E-state index contributed by atoms with van der Waals surface area (Å²) in [6, 6.07) is 0.0926. The molecular weight excluding hydrogens is 140 g/mol. The highest BCUT2D eigenvalue weighted by molar-refractivity contribution is 5.91. The summed E-state index contributed by atoms with van der Waals surface area (Å²) in [4.78, 5) is 10.7. The zero-order valence-corrected chi connectivity index (χ0v) is 6.55. The molecule has 0 saturated heterocycles. The van der Waals surface area contributed by atoms with E-state index in [9.17, 15) is 4.79 Å². The van der Waals surface area contributed by atoms with Gasteiger partial charge in [-0.2, -0.15) is 0 Å². The highest BCUT2D eigenvalue weighted by atomic mass is 16.1. The van der Waals surface area contributed by atoms with Crippen LogP contribution in [0.2, 0.25) is 0 Å². The van der Waals surface area contributed by atoms with E-state index in [1.807, 2.05) is 0 Å². The Kier molecular flexibility index (Phi) is 2.29. The highest BCUT2D eigenvalue weighted by Crippen LogP contribution is 2.28. The molecule has 0 bridgehead atoms. The fourth-order valence-corrected chi connectivity index (χ4v) is 1.60. The highest BCUT2D eigenvalue weighted by Gasteiger charge is 2.28. The summed E-state index contributed by atoms with van der Waals surface area (Å²) in [5.41, 5.74) is 11.3. The number of amides is 1. The Hall–Kier alpha value is -0.830. The maximum absolute atomic E-state index is 10.7. The molecule has 0 spiro atoms. The number of carbonyl (C=O) groups excluding carboxylic acids is 1. The molecule has 0 aromatic carbocycles. The minimum absolute atomic E-state index is 0.0926. The summed E-state index contributed by atoms with van der Waals surface area (Å²) in [5, 5.41) is 0. The average molecular weight is 154 g/mol. The molecule has 0 radical (unpaired) electrons. The molecule has 11 heavy (non-hydrogen) atoms. The van der Waals surface area contributed by atoms with Gasteiger partial charge in [-0.25, -0.2) is 0 Å². The van der Waals surface area contributed by atoms with E-state index in [1.54, 1.807) is 0 Å². The molecule has 1 aliphatic rings. The van der Waals surface area contributed by atoms with Gasteiger partial charge in [0.25, 0.3) is 0 Å². The van der Waals surface area contributed by atoms with E-state index in [1.165, 1.54) is 0 Å². The van der Waals surface area contributed by atoms with Crippen LogP contribution in [-0.2, 0) is 4.79 Å². The van der Waals surface area contributed by atoms with Gasteiger partial charge in [-0.05, 0) is 12.8 Å². The number of nitrogens with two attached hydrogens (primary N) is 2. The van der Waals surface area contributed by atoms with Gasteiger partial charge in [-0.15, -0.1) is 0 Å². The first kappa shape index (κ1) is 8.27. The molecule has 62 valence electrons. The maximum atomic E-state index is 10.7. The summed E-state index contributed by atoms with van der Waals surface area (Å²) >= 11 is 0. The smallest absolute Gasteiger partial charge is 0.244 e. The fraction of sp³-hybridized carbons (Fsp3) is 0.625.